The molecule has 3 amide bonds. The van der Waals surface area contributed by atoms with Crippen molar-refractivity contribution in [1.29, 1.82) is 0 Å². The number of amides is 3. The number of hydrogen-bond acceptors (Lipinski definition) is 4. The highest BCUT2D eigenvalue weighted by molar-refractivity contribution is 6.40. The predicted octanol–water partition coefficient (Wildman–Crippen LogP) is 4.39. The molecule has 0 aliphatic carbocycles. The summed E-state index contributed by atoms with van der Waals surface area (Å²) in [6.45, 7) is 3.65. The van der Waals surface area contributed by atoms with Gasteiger partial charge in [-0.25, -0.2) is 5.43 Å². The summed E-state index contributed by atoms with van der Waals surface area (Å²) in [5.41, 5.74) is 5.85. The Morgan fingerprint density at radius 2 is 1.45 bits per heavy atom. The van der Waals surface area contributed by atoms with Gasteiger partial charge in [-0.05, 0) is 49.8 Å². The Bertz CT molecular complexity index is 1200. The number of aryl methyl sites for hydroxylation is 1. The lowest BCUT2D eigenvalue weighted by Gasteiger charge is -2.11. The van der Waals surface area contributed by atoms with Crippen LogP contribution in [0, 0.1) is 6.92 Å². The molecule has 0 radical (unpaired) electrons. The highest BCUT2D eigenvalue weighted by Gasteiger charge is 2.17. The third-order valence-electron chi connectivity index (χ3n) is 4.59. The maximum absolute atomic E-state index is 12.7. The van der Waals surface area contributed by atoms with Crippen molar-refractivity contribution in [2.45, 2.75) is 13.8 Å². The van der Waals surface area contributed by atoms with E-state index in [0.717, 1.165) is 11.1 Å². The molecule has 0 unspecified atom stereocenters. The third kappa shape index (κ3) is 7.00. The SMILES string of the molecule is CC(/C=C/c1ccccc1)=N\NC(=O)C(=O)Nc1ccccc1C(=O)Nc1ccc(C)cc1. The largest absolute Gasteiger partial charge is 0.329 e. The van der Waals surface area contributed by atoms with E-state index >= 15 is 0 Å². The molecule has 0 fully saturated rings. The molecule has 3 aromatic rings. The van der Waals surface area contributed by atoms with Crippen LogP contribution in [0.4, 0.5) is 11.4 Å². The number of benzene rings is 3. The summed E-state index contributed by atoms with van der Waals surface area (Å²) in [5, 5.41) is 9.16. The summed E-state index contributed by atoms with van der Waals surface area (Å²) in [6, 6.07) is 23.4. The van der Waals surface area contributed by atoms with Crippen LogP contribution in [0.15, 0.2) is 90.0 Å². The molecule has 3 rings (SSSR count). The average Bonchev–Trinajstić information content (AvgIpc) is 2.83. The molecule has 0 saturated heterocycles. The van der Waals surface area contributed by atoms with E-state index in [0.29, 0.717) is 11.4 Å². The van der Waals surface area contributed by atoms with Crippen LogP contribution < -0.4 is 16.1 Å². The van der Waals surface area contributed by atoms with Crippen LogP contribution in [0.25, 0.3) is 6.08 Å². The molecular weight excluding hydrogens is 416 g/mol. The van der Waals surface area contributed by atoms with Gasteiger partial charge in [-0.2, -0.15) is 5.10 Å². The fourth-order valence-corrected chi connectivity index (χ4v) is 2.81. The number of carbonyl (C=O) groups excluding carboxylic acids is 3. The third-order valence-corrected chi connectivity index (χ3v) is 4.59. The zero-order valence-electron chi connectivity index (χ0n) is 18.3. The molecule has 0 atom stereocenters. The maximum atomic E-state index is 12.7. The Hall–Kier alpha value is -4.52. The van der Waals surface area contributed by atoms with Gasteiger partial charge in [0, 0.05) is 5.69 Å². The molecule has 0 bridgehead atoms. The van der Waals surface area contributed by atoms with E-state index in [9.17, 15) is 14.4 Å². The van der Waals surface area contributed by atoms with E-state index in [1.807, 2.05) is 55.5 Å². The first-order valence-electron chi connectivity index (χ1n) is 10.3. The lowest BCUT2D eigenvalue weighted by molar-refractivity contribution is -0.136. The zero-order valence-corrected chi connectivity index (χ0v) is 18.3. The first-order chi connectivity index (χ1) is 15.9. The number of rotatable bonds is 6. The molecule has 0 saturated carbocycles. The molecular formula is C26H24N4O3. The Kier molecular flexibility index (Phi) is 7.86. The van der Waals surface area contributed by atoms with Gasteiger partial charge in [-0.1, -0.05) is 66.2 Å². The number of carbonyl (C=O) groups is 3. The van der Waals surface area contributed by atoms with Crippen LogP contribution in [-0.4, -0.2) is 23.4 Å². The molecule has 33 heavy (non-hydrogen) atoms. The number of nitrogens with zero attached hydrogens (tertiary/aromatic N) is 1. The van der Waals surface area contributed by atoms with Crippen LogP contribution in [-0.2, 0) is 9.59 Å². The van der Waals surface area contributed by atoms with E-state index in [1.165, 1.54) is 0 Å². The van der Waals surface area contributed by atoms with Crippen molar-refractivity contribution in [3.63, 3.8) is 0 Å². The Morgan fingerprint density at radius 3 is 2.18 bits per heavy atom. The number of nitrogens with one attached hydrogen (secondary N) is 3. The number of para-hydroxylation sites is 1. The van der Waals surface area contributed by atoms with Gasteiger partial charge < -0.3 is 10.6 Å². The van der Waals surface area contributed by atoms with Gasteiger partial charge in [0.05, 0.1) is 17.0 Å². The molecule has 0 aromatic heterocycles. The van der Waals surface area contributed by atoms with E-state index in [-0.39, 0.29) is 11.3 Å². The minimum Gasteiger partial charge on any atom is -0.322 e. The van der Waals surface area contributed by atoms with Gasteiger partial charge in [-0.15, -0.1) is 0 Å². The lowest BCUT2D eigenvalue weighted by atomic mass is 10.1. The van der Waals surface area contributed by atoms with Crippen LogP contribution >= 0.6 is 0 Å². The van der Waals surface area contributed by atoms with Crippen molar-refractivity contribution >= 4 is 40.9 Å². The first-order valence-corrected chi connectivity index (χ1v) is 10.3. The quantitative estimate of drug-likeness (QED) is 0.301. The van der Waals surface area contributed by atoms with Gasteiger partial charge in [-0.3, -0.25) is 14.4 Å². The second-order valence-corrected chi connectivity index (χ2v) is 7.26. The molecule has 166 valence electrons. The van der Waals surface area contributed by atoms with E-state index in [1.54, 1.807) is 49.4 Å². The summed E-state index contributed by atoms with van der Waals surface area (Å²) in [4.78, 5) is 37.2. The monoisotopic (exact) mass is 440 g/mol. The van der Waals surface area contributed by atoms with Gasteiger partial charge in [0.15, 0.2) is 0 Å². The number of anilines is 2. The van der Waals surface area contributed by atoms with Crippen molar-refractivity contribution in [2.24, 2.45) is 5.10 Å². The fraction of sp³-hybridized carbons (Fsp3) is 0.0769. The van der Waals surface area contributed by atoms with Crippen molar-refractivity contribution in [2.75, 3.05) is 10.6 Å². The normalized spacial score (nSPS) is 11.2. The number of allylic oxidation sites excluding steroid dienone is 1. The van der Waals surface area contributed by atoms with Crippen molar-refractivity contribution in [1.82, 2.24) is 5.43 Å². The van der Waals surface area contributed by atoms with Crippen LogP contribution in [0.5, 0.6) is 0 Å². The van der Waals surface area contributed by atoms with Gasteiger partial charge in [0.2, 0.25) is 0 Å². The highest BCUT2D eigenvalue weighted by Crippen LogP contribution is 2.18. The summed E-state index contributed by atoms with van der Waals surface area (Å²) < 4.78 is 0. The fourth-order valence-electron chi connectivity index (χ4n) is 2.81. The van der Waals surface area contributed by atoms with Crippen molar-refractivity contribution in [3.05, 3.63) is 102 Å². The lowest BCUT2D eigenvalue weighted by Crippen LogP contribution is -2.33. The Morgan fingerprint density at radius 1 is 0.788 bits per heavy atom. The van der Waals surface area contributed by atoms with Crippen molar-refractivity contribution < 1.29 is 14.4 Å². The molecule has 3 aromatic carbocycles. The first kappa shape index (κ1) is 23.1. The summed E-state index contributed by atoms with van der Waals surface area (Å²) in [7, 11) is 0. The standard InChI is InChI=1S/C26H24N4O3/c1-18-12-16-21(17-13-18)27-24(31)22-10-6-7-11-23(22)28-25(32)26(33)30-29-19(2)14-15-20-8-4-3-5-9-20/h3-17H,1-2H3,(H,27,31)(H,28,32)(H,30,33)/b15-14+,29-19+. The molecule has 0 spiro atoms. The second-order valence-electron chi connectivity index (χ2n) is 7.26. The number of hydrogen-bond donors (Lipinski definition) is 3. The molecule has 7 heteroatoms. The minimum absolute atomic E-state index is 0.215. The smallest absolute Gasteiger partial charge is 0.322 e. The van der Waals surface area contributed by atoms with E-state index < -0.39 is 17.7 Å². The number of hydrazone groups is 1. The van der Waals surface area contributed by atoms with Gasteiger partial charge >= 0.3 is 11.8 Å². The molecule has 0 heterocycles. The Labute approximate surface area is 192 Å². The molecule has 0 aliphatic heterocycles. The average molecular weight is 441 g/mol. The Balaban J connectivity index is 1.61. The maximum Gasteiger partial charge on any atom is 0.329 e. The predicted molar refractivity (Wildman–Crippen MR) is 131 cm³/mol. The van der Waals surface area contributed by atoms with E-state index in [2.05, 4.69) is 21.2 Å². The van der Waals surface area contributed by atoms with Gasteiger partial charge in [0.25, 0.3) is 5.91 Å². The van der Waals surface area contributed by atoms with Gasteiger partial charge in [0.1, 0.15) is 0 Å². The summed E-state index contributed by atoms with van der Waals surface area (Å²) >= 11 is 0. The molecule has 0 aliphatic rings. The van der Waals surface area contributed by atoms with Crippen LogP contribution in [0.2, 0.25) is 0 Å². The summed E-state index contributed by atoms with van der Waals surface area (Å²) in [6.07, 6.45) is 3.56. The topological polar surface area (TPSA) is 99.7 Å². The zero-order chi connectivity index (χ0) is 23.6. The summed E-state index contributed by atoms with van der Waals surface area (Å²) in [5.74, 6) is -2.29. The van der Waals surface area contributed by atoms with Crippen LogP contribution in [0.3, 0.4) is 0 Å². The molecule has 3 N–H and O–H groups in total. The van der Waals surface area contributed by atoms with E-state index in [4.69, 9.17) is 0 Å². The minimum atomic E-state index is -0.948. The highest BCUT2D eigenvalue weighted by atomic mass is 16.2. The second kappa shape index (κ2) is 11.2. The van der Waals surface area contributed by atoms with Crippen LogP contribution in [0.1, 0.15) is 28.4 Å². The van der Waals surface area contributed by atoms with Crippen molar-refractivity contribution in [3.8, 4) is 0 Å². The molecule has 7 nitrogen and oxygen atoms in total.